The fraction of sp³-hybridized carbons (Fsp3) is 0.125. The fourth-order valence-electron chi connectivity index (χ4n) is 2.12. The number of para-hydroxylation sites is 2. The minimum atomic E-state index is 0.0394. The summed E-state index contributed by atoms with van der Waals surface area (Å²) >= 11 is 0. The number of rotatable bonds is 2. The second-order valence-corrected chi connectivity index (χ2v) is 4.66. The predicted molar refractivity (Wildman–Crippen MR) is 75.2 cm³/mol. The van der Waals surface area contributed by atoms with Crippen molar-refractivity contribution in [3.8, 4) is 0 Å². The molecule has 0 unspecified atom stereocenters. The number of imidazole rings is 1. The van der Waals surface area contributed by atoms with Crippen LogP contribution in [-0.4, -0.2) is 15.5 Å². The second-order valence-electron chi connectivity index (χ2n) is 4.66. The van der Waals surface area contributed by atoms with Gasteiger partial charge in [-0.15, -0.1) is 0 Å². The lowest BCUT2D eigenvalue weighted by molar-refractivity contribution is 0.0919. The number of nitrogens with zero attached hydrogens (tertiary/aromatic N) is 2. The molecule has 0 fully saturated rings. The number of carbonyl (C=O) groups excluding carboxylic acids is 1. The smallest absolute Gasteiger partial charge is 0.236 e. The lowest BCUT2D eigenvalue weighted by Gasteiger charge is -2.03. The lowest BCUT2D eigenvalue weighted by atomic mass is 10.1. The van der Waals surface area contributed by atoms with Crippen LogP contribution in [0.15, 0.2) is 54.9 Å². The van der Waals surface area contributed by atoms with Gasteiger partial charge in [-0.2, -0.15) is 0 Å². The monoisotopic (exact) mass is 250 g/mol. The molecule has 0 aliphatic rings. The third-order valence-corrected chi connectivity index (χ3v) is 3.20. The van der Waals surface area contributed by atoms with Gasteiger partial charge in [0.2, 0.25) is 5.91 Å². The van der Waals surface area contributed by atoms with E-state index in [0.717, 1.165) is 16.6 Å². The van der Waals surface area contributed by atoms with E-state index in [1.54, 1.807) is 10.9 Å². The molecular weight excluding hydrogens is 236 g/mol. The van der Waals surface area contributed by atoms with Crippen LogP contribution in [0.25, 0.3) is 11.0 Å². The van der Waals surface area contributed by atoms with Crippen LogP contribution in [0, 0.1) is 6.92 Å². The molecule has 0 N–H and O–H groups in total. The zero-order valence-electron chi connectivity index (χ0n) is 10.7. The zero-order valence-corrected chi connectivity index (χ0v) is 10.7. The summed E-state index contributed by atoms with van der Waals surface area (Å²) < 4.78 is 1.62. The quantitative estimate of drug-likeness (QED) is 0.700. The Morgan fingerprint density at radius 3 is 2.63 bits per heavy atom. The predicted octanol–water partition coefficient (Wildman–Crippen LogP) is 3.23. The van der Waals surface area contributed by atoms with Crippen LogP contribution in [0.1, 0.15) is 15.9 Å². The van der Waals surface area contributed by atoms with E-state index in [2.05, 4.69) is 4.98 Å². The van der Waals surface area contributed by atoms with E-state index in [9.17, 15) is 4.79 Å². The molecule has 3 nitrogen and oxygen atoms in total. The second kappa shape index (κ2) is 4.69. The molecule has 94 valence electrons. The molecule has 3 rings (SSSR count). The van der Waals surface area contributed by atoms with Gasteiger partial charge in [-0.05, 0) is 24.6 Å². The molecule has 0 saturated carbocycles. The summed E-state index contributed by atoms with van der Waals surface area (Å²) in [6.07, 6.45) is 1.99. The Bertz CT molecular complexity index is 726. The molecule has 2 aromatic carbocycles. The molecule has 0 spiro atoms. The van der Waals surface area contributed by atoms with Crippen LogP contribution in [0.5, 0.6) is 0 Å². The summed E-state index contributed by atoms with van der Waals surface area (Å²) in [6.45, 7) is 2.04. The summed E-state index contributed by atoms with van der Waals surface area (Å²) in [5.74, 6) is 0.0394. The van der Waals surface area contributed by atoms with Gasteiger partial charge in [0.25, 0.3) is 0 Å². The molecule has 0 radical (unpaired) electrons. The van der Waals surface area contributed by atoms with Gasteiger partial charge in [-0.3, -0.25) is 9.36 Å². The number of fused-ring (bicyclic) bond motifs is 1. The van der Waals surface area contributed by atoms with Crippen LogP contribution in [0.3, 0.4) is 0 Å². The van der Waals surface area contributed by atoms with Gasteiger partial charge in [-0.25, -0.2) is 4.98 Å². The number of carbonyl (C=O) groups is 1. The van der Waals surface area contributed by atoms with Gasteiger partial charge in [-0.1, -0.05) is 42.0 Å². The Balaban J connectivity index is 1.90. The first kappa shape index (κ1) is 11.7. The average Bonchev–Trinajstić information content (AvgIpc) is 2.85. The van der Waals surface area contributed by atoms with Crippen molar-refractivity contribution in [2.45, 2.75) is 13.3 Å². The van der Waals surface area contributed by atoms with E-state index < -0.39 is 0 Å². The van der Waals surface area contributed by atoms with Gasteiger partial charge in [0, 0.05) is 0 Å². The molecule has 0 atom stereocenters. The van der Waals surface area contributed by atoms with Gasteiger partial charge >= 0.3 is 0 Å². The first-order valence-electron chi connectivity index (χ1n) is 6.25. The highest BCUT2D eigenvalue weighted by atomic mass is 16.2. The van der Waals surface area contributed by atoms with Crippen molar-refractivity contribution in [1.29, 1.82) is 0 Å². The van der Waals surface area contributed by atoms with Crippen molar-refractivity contribution in [2.75, 3.05) is 0 Å². The number of aryl methyl sites for hydroxylation is 1. The summed E-state index contributed by atoms with van der Waals surface area (Å²) in [5, 5.41) is 0. The van der Waals surface area contributed by atoms with Gasteiger partial charge in [0.15, 0.2) is 0 Å². The van der Waals surface area contributed by atoms with E-state index >= 15 is 0 Å². The molecule has 0 saturated heterocycles. The van der Waals surface area contributed by atoms with E-state index in [4.69, 9.17) is 0 Å². The van der Waals surface area contributed by atoms with Crippen molar-refractivity contribution in [1.82, 2.24) is 9.55 Å². The Labute approximate surface area is 111 Å². The van der Waals surface area contributed by atoms with Gasteiger partial charge < -0.3 is 0 Å². The SMILES string of the molecule is Cc1ccc(CC(=O)n2cnc3ccccc32)cc1. The fourth-order valence-corrected chi connectivity index (χ4v) is 2.12. The molecule has 0 amide bonds. The molecule has 0 aliphatic heterocycles. The highest BCUT2D eigenvalue weighted by molar-refractivity contribution is 5.91. The zero-order chi connectivity index (χ0) is 13.2. The van der Waals surface area contributed by atoms with Gasteiger partial charge in [0.05, 0.1) is 17.5 Å². The van der Waals surface area contributed by atoms with Crippen LogP contribution >= 0.6 is 0 Å². The Kier molecular flexibility index (Phi) is 2.88. The molecule has 0 bridgehead atoms. The normalized spacial score (nSPS) is 10.8. The summed E-state index contributed by atoms with van der Waals surface area (Å²) in [6, 6.07) is 15.7. The minimum absolute atomic E-state index is 0.0394. The first-order valence-corrected chi connectivity index (χ1v) is 6.25. The van der Waals surface area contributed by atoms with Crippen LogP contribution in [0.4, 0.5) is 0 Å². The van der Waals surface area contributed by atoms with Crippen LogP contribution in [-0.2, 0) is 6.42 Å². The third kappa shape index (κ3) is 2.27. The van der Waals surface area contributed by atoms with Crippen molar-refractivity contribution in [3.63, 3.8) is 0 Å². The van der Waals surface area contributed by atoms with Crippen LogP contribution < -0.4 is 0 Å². The van der Waals surface area contributed by atoms with Gasteiger partial charge in [0.1, 0.15) is 6.33 Å². The number of hydrogen-bond donors (Lipinski definition) is 0. The minimum Gasteiger partial charge on any atom is -0.274 e. The molecular formula is C16H14N2O. The number of benzene rings is 2. The maximum Gasteiger partial charge on any atom is 0.236 e. The lowest BCUT2D eigenvalue weighted by Crippen LogP contribution is -2.12. The van der Waals surface area contributed by atoms with E-state index in [1.165, 1.54) is 5.56 Å². The molecule has 3 aromatic rings. The average molecular weight is 250 g/mol. The van der Waals surface area contributed by atoms with Crippen molar-refractivity contribution in [3.05, 3.63) is 66.0 Å². The summed E-state index contributed by atoms with van der Waals surface area (Å²) in [4.78, 5) is 16.5. The Morgan fingerprint density at radius 2 is 1.84 bits per heavy atom. The maximum absolute atomic E-state index is 12.3. The van der Waals surface area contributed by atoms with Crippen molar-refractivity contribution < 1.29 is 4.79 Å². The maximum atomic E-state index is 12.3. The third-order valence-electron chi connectivity index (χ3n) is 3.20. The molecule has 3 heteroatoms. The van der Waals surface area contributed by atoms with E-state index in [0.29, 0.717) is 6.42 Å². The standard InChI is InChI=1S/C16H14N2O/c1-12-6-8-13(9-7-12)10-16(19)18-11-17-14-4-2-3-5-15(14)18/h2-9,11H,10H2,1H3. The molecule has 1 aromatic heterocycles. The summed E-state index contributed by atoms with van der Waals surface area (Å²) in [7, 11) is 0. The molecule has 0 aliphatic carbocycles. The molecule has 19 heavy (non-hydrogen) atoms. The highest BCUT2D eigenvalue weighted by Crippen LogP contribution is 2.13. The Morgan fingerprint density at radius 1 is 1.11 bits per heavy atom. The number of aromatic nitrogens is 2. The van der Waals surface area contributed by atoms with Crippen molar-refractivity contribution in [2.24, 2.45) is 0 Å². The van der Waals surface area contributed by atoms with Crippen LogP contribution in [0.2, 0.25) is 0 Å². The number of hydrogen-bond acceptors (Lipinski definition) is 2. The Hall–Kier alpha value is -2.42. The summed E-state index contributed by atoms with van der Waals surface area (Å²) in [5.41, 5.74) is 3.93. The highest BCUT2D eigenvalue weighted by Gasteiger charge is 2.10. The van der Waals surface area contributed by atoms with E-state index in [-0.39, 0.29) is 5.91 Å². The van der Waals surface area contributed by atoms with Crippen molar-refractivity contribution >= 4 is 16.9 Å². The largest absolute Gasteiger partial charge is 0.274 e. The first-order chi connectivity index (χ1) is 9.24. The van der Waals surface area contributed by atoms with E-state index in [1.807, 2.05) is 55.5 Å². The topological polar surface area (TPSA) is 34.9 Å². The molecule has 1 heterocycles.